The van der Waals surface area contributed by atoms with E-state index in [0.29, 0.717) is 46.3 Å². The Morgan fingerprint density at radius 3 is 2.29 bits per heavy atom. The molecule has 1 aliphatic rings. The molecule has 146 valence electrons. The van der Waals surface area contributed by atoms with Crippen molar-refractivity contribution in [1.29, 1.82) is 0 Å². The van der Waals surface area contributed by atoms with Gasteiger partial charge in [0, 0.05) is 43.4 Å². The van der Waals surface area contributed by atoms with Crippen molar-refractivity contribution in [3.05, 3.63) is 44.2 Å². The highest BCUT2D eigenvalue weighted by Gasteiger charge is 2.26. The van der Waals surface area contributed by atoms with Crippen LogP contribution in [-0.2, 0) is 0 Å². The summed E-state index contributed by atoms with van der Waals surface area (Å²) in [5.41, 5.74) is 2.50. The standard InChI is InChI=1S/C20H22N4O3S/c1-11-9-21-20(22-10-11)24-7-5-23(6-8-24)19-12(2)16(26)18-17(27-19)15(13(3)25)14(4)28-18/h9-10H,5-8H2,1-4H3. The summed E-state index contributed by atoms with van der Waals surface area (Å²) in [6.07, 6.45) is 3.63. The van der Waals surface area contributed by atoms with Gasteiger partial charge in [-0.05, 0) is 33.3 Å². The number of aryl methyl sites for hydroxylation is 2. The lowest BCUT2D eigenvalue weighted by atomic mass is 10.1. The Bertz CT molecular complexity index is 1110. The van der Waals surface area contributed by atoms with Gasteiger partial charge < -0.3 is 14.2 Å². The van der Waals surface area contributed by atoms with E-state index in [1.807, 2.05) is 26.2 Å². The first-order chi connectivity index (χ1) is 13.4. The summed E-state index contributed by atoms with van der Waals surface area (Å²) < 4.78 is 6.67. The van der Waals surface area contributed by atoms with Crippen molar-refractivity contribution >= 4 is 39.2 Å². The molecule has 1 aliphatic heterocycles. The van der Waals surface area contributed by atoms with E-state index >= 15 is 0 Å². The third-order valence-corrected chi connectivity index (χ3v) is 6.16. The summed E-state index contributed by atoms with van der Waals surface area (Å²) in [6.45, 7) is 9.94. The molecule has 0 saturated carbocycles. The molecule has 0 unspecified atom stereocenters. The van der Waals surface area contributed by atoms with Gasteiger partial charge in [-0.2, -0.15) is 0 Å². The van der Waals surface area contributed by atoms with Crippen molar-refractivity contribution in [3.8, 4) is 0 Å². The van der Waals surface area contributed by atoms with Crippen LogP contribution in [0.5, 0.6) is 0 Å². The molecule has 4 rings (SSSR count). The molecule has 3 aromatic heterocycles. The number of piperazine rings is 1. The van der Waals surface area contributed by atoms with Crippen LogP contribution in [0.3, 0.4) is 0 Å². The maximum absolute atomic E-state index is 12.9. The van der Waals surface area contributed by atoms with E-state index in [2.05, 4.69) is 19.8 Å². The Kier molecular flexibility index (Phi) is 4.66. The summed E-state index contributed by atoms with van der Waals surface area (Å²) in [5, 5.41) is 0. The lowest BCUT2D eigenvalue weighted by molar-refractivity contribution is 0.101. The van der Waals surface area contributed by atoms with E-state index in [0.717, 1.165) is 23.5 Å². The zero-order valence-corrected chi connectivity index (χ0v) is 17.2. The number of hydrogen-bond acceptors (Lipinski definition) is 8. The number of carbonyl (C=O) groups is 1. The SMILES string of the molecule is CC(=O)c1c(C)sc2c(=O)c(C)c(N3CCN(c4ncc(C)cn4)CC3)oc12. The first kappa shape index (κ1) is 18.6. The first-order valence-electron chi connectivity index (χ1n) is 9.23. The molecule has 0 atom stereocenters. The predicted molar refractivity (Wildman–Crippen MR) is 111 cm³/mol. The van der Waals surface area contributed by atoms with Crippen LogP contribution in [0.1, 0.15) is 33.3 Å². The number of Topliss-reactive ketones (excluding diaryl/α,β-unsaturated/α-hetero) is 1. The molecule has 8 heteroatoms. The van der Waals surface area contributed by atoms with Crippen molar-refractivity contribution in [3.63, 3.8) is 0 Å². The summed E-state index contributed by atoms with van der Waals surface area (Å²) in [5.74, 6) is 1.19. The minimum Gasteiger partial charge on any atom is -0.438 e. The largest absolute Gasteiger partial charge is 0.438 e. The number of carbonyl (C=O) groups excluding carboxylic acids is 1. The zero-order valence-electron chi connectivity index (χ0n) is 16.4. The van der Waals surface area contributed by atoms with E-state index in [9.17, 15) is 9.59 Å². The highest BCUT2D eigenvalue weighted by molar-refractivity contribution is 7.19. The van der Waals surface area contributed by atoms with Gasteiger partial charge in [-0.25, -0.2) is 9.97 Å². The van der Waals surface area contributed by atoms with E-state index in [1.165, 1.54) is 18.3 Å². The van der Waals surface area contributed by atoms with Crippen LogP contribution in [0.2, 0.25) is 0 Å². The summed E-state index contributed by atoms with van der Waals surface area (Å²) in [7, 11) is 0. The summed E-state index contributed by atoms with van der Waals surface area (Å²) in [6, 6.07) is 0. The number of fused-ring (bicyclic) bond motifs is 1. The first-order valence-corrected chi connectivity index (χ1v) is 10.0. The lowest BCUT2D eigenvalue weighted by Gasteiger charge is -2.35. The molecule has 4 heterocycles. The monoisotopic (exact) mass is 398 g/mol. The van der Waals surface area contributed by atoms with Gasteiger partial charge in [-0.3, -0.25) is 9.59 Å². The van der Waals surface area contributed by atoms with Gasteiger partial charge in [-0.15, -0.1) is 11.3 Å². The van der Waals surface area contributed by atoms with Crippen LogP contribution in [0, 0.1) is 20.8 Å². The van der Waals surface area contributed by atoms with Crippen LogP contribution in [0.25, 0.3) is 10.3 Å². The highest BCUT2D eigenvalue weighted by Crippen LogP contribution is 2.33. The lowest BCUT2D eigenvalue weighted by Crippen LogP contribution is -2.47. The van der Waals surface area contributed by atoms with Crippen LogP contribution in [-0.4, -0.2) is 41.9 Å². The average Bonchev–Trinajstić information content (AvgIpc) is 3.02. The normalized spacial score (nSPS) is 14.7. The third kappa shape index (κ3) is 3.07. The fourth-order valence-corrected chi connectivity index (χ4v) is 4.71. The number of rotatable bonds is 3. The van der Waals surface area contributed by atoms with Crippen LogP contribution in [0.15, 0.2) is 21.6 Å². The van der Waals surface area contributed by atoms with Crippen molar-refractivity contribution in [1.82, 2.24) is 9.97 Å². The van der Waals surface area contributed by atoms with Crippen molar-refractivity contribution in [2.24, 2.45) is 0 Å². The molecule has 28 heavy (non-hydrogen) atoms. The Labute approximate surface area is 166 Å². The fraction of sp³-hybridized carbons (Fsp3) is 0.400. The summed E-state index contributed by atoms with van der Waals surface area (Å²) in [4.78, 5) is 38.7. The maximum atomic E-state index is 12.9. The second-order valence-corrected chi connectivity index (χ2v) is 8.37. The molecule has 0 aliphatic carbocycles. The topological polar surface area (TPSA) is 79.5 Å². The number of hydrogen-bond donors (Lipinski definition) is 0. The quantitative estimate of drug-likeness (QED) is 0.627. The predicted octanol–water partition coefficient (Wildman–Crippen LogP) is 3.10. The van der Waals surface area contributed by atoms with Gasteiger partial charge in [0.1, 0.15) is 4.70 Å². The Balaban J connectivity index is 1.65. The molecular weight excluding hydrogens is 376 g/mol. The molecule has 1 fully saturated rings. The van der Waals surface area contributed by atoms with Crippen LogP contribution in [0.4, 0.5) is 11.8 Å². The van der Waals surface area contributed by atoms with Gasteiger partial charge >= 0.3 is 0 Å². The van der Waals surface area contributed by atoms with E-state index < -0.39 is 0 Å². The van der Waals surface area contributed by atoms with Gasteiger partial charge in [0.2, 0.25) is 17.3 Å². The van der Waals surface area contributed by atoms with Crippen LogP contribution >= 0.6 is 11.3 Å². The Morgan fingerprint density at radius 2 is 1.68 bits per heavy atom. The maximum Gasteiger partial charge on any atom is 0.225 e. The second-order valence-electron chi connectivity index (χ2n) is 7.14. The minimum absolute atomic E-state index is 0.0545. The highest BCUT2D eigenvalue weighted by atomic mass is 32.1. The van der Waals surface area contributed by atoms with Gasteiger partial charge in [0.05, 0.1) is 11.1 Å². The van der Waals surface area contributed by atoms with E-state index in [-0.39, 0.29) is 11.2 Å². The van der Waals surface area contributed by atoms with Crippen LogP contribution < -0.4 is 15.2 Å². The number of ketones is 1. The smallest absolute Gasteiger partial charge is 0.225 e. The van der Waals surface area contributed by atoms with Gasteiger partial charge in [0.15, 0.2) is 11.4 Å². The molecular formula is C20H22N4O3S. The second kappa shape index (κ2) is 7.01. The molecule has 7 nitrogen and oxygen atoms in total. The van der Waals surface area contributed by atoms with Crippen molar-refractivity contribution in [2.45, 2.75) is 27.7 Å². The molecule has 0 radical (unpaired) electrons. The van der Waals surface area contributed by atoms with Gasteiger partial charge in [0.25, 0.3) is 0 Å². The molecule has 0 amide bonds. The van der Waals surface area contributed by atoms with E-state index in [4.69, 9.17) is 4.42 Å². The molecule has 3 aromatic rings. The minimum atomic E-state index is -0.0805. The number of anilines is 2. The molecule has 0 bridgehead atoms. The van der Waals surface area contributed by atoms with Crippen molar-refractivity contribution < 1.29 is 9.21 Å². The van der Waals surface area contributed by atoms with Crippen molar-refractivity contribution in [2.75, 3.05) is 36.0 Å². The molecule has 0 N–H and O–H groups in total. The van der Waals surface area contributed by atoms with Gasteiger partial charge in [-0.1, -0.05) is 0 Å². The van der Waals surface area contributed by atoms with E-state index in [1.54, 1.807) is 6.92 Å². The number of nitrogens with zero attached hydrogens (tertiary/aromatic N) is 4. The zero-order chi connectivity index (χ0) is 20.0. The number of aromatic nitrogens is 2. The molecule has 0 aromatic carbocycles. The Hall–Kier alpha value is -2.74. The Morgan fingerprint density at radius 1 is 1.07 bits per heavy atom. The molecule has 1 saturated heterocycles. The molecule has 0 spiro atoms. The average molecular weight is 398 g/mol. The summed E-state index contributed by atoms with van der Waals surface area (Å²) >= 11 is 1.33. The third-order valence-electron chi connectivity index (χ3n) is 5.08. The number of thiophene rings is 1. The fourth-order valence-electron chi connectivity index (χ4n) is 3.58.